The van der Waals surface area contributed by atoms with Gasteiger partial charge in [-0.2, -0.15) is 0 Å². The number of hydrogen-bond acceptors (Lipinski definition) is 4. The normalized spacial score (nSPS) is 19.3. The number of rotatable bonds is 0. The van der Waals surface area contributed by atoms with Gasteiger partial charge in [-0.05, 0) is 30.7 Å². The van der Waals surface area contributed by atoms with Gasteiger partial charge in [-0.1, -0.05) is 27.7 Å². The Labute approximate surface area is 122 Å². The highest BCUT2D eigenvalue weighted by molar-refractivity contribution is 7.18. The van der Waals surface area contributed by atoms with Crippen molar-refractivity contribution in [3.05, 3.63) is 26.6 Å². The molecule has 3 rings (SSSR count). The lowest BCUT2D eigenvalue weighted by Crippen LogP contribution is -2.36. The molecule has 0 aliphatic heterocycles. The summed E-state index contributed by atoms with van der Waals surface area (Å²) in [6, 6.07) is 0. The average molecular weight is 291 g/mol. The van der Waals surface area contributed by atoms with Crippen LogP contribution in [0, 0.1) is 5.92 Å². The second-order valence-corrected chi connectivity index (χ2v) is 7.98. The van der Waals surface area contributed by atoms with Gasteiger partial charge in [0.1, 0.15) is 10.7 Å². The zero-order valence-corrected chi connectivity index (χ0v) is 13.3. The van der Waals surface area contributed by atoms with Crippen LogP contribution in [0.4, 0.5) is 0 Å². The van der Waals surface area contributed by atoms with Crippen LogP contribution in [-0.4, -0.2) is 9.66 Å². The topological polar surface area (TPSA) is 60.9 Å². The van der Waals surface area contributed by atoms with Crippen molar-refractivity contribution in [1.29, 1.82) is 0 Å². The van der Waals surface area contributed by atoms with Crippen molar-refractivity contribution in [3.63, 3.8) is 0 Å². The summed E-state index contributed by atoms with van der Waals surface area (Å²) in [6.07, 6.45) is 3.23. The zero-order chi connectivity index (χ0) is 14.7. The molecular weight excluding hydrogens is 270 g/mol. The van der Waals surface area contributed by atoms with Crippen molar-refractivity contribution in [1.82, 2.24) is 9.66 Å². The highest BCUT2D eigenvalue weighted by Gasteiger charge is 2.27. The van der Waals surface area contributed by atoms with Crippen molar-refractivity contribution in [3.8, 4) is 0 Å². The number of nitrogens with zero attached hydrogens (tertiary/aromatic N) is 2. The fourth-order valence-corrected chi connectivity index (χ4v) is 4.15. The number of aromatic nitrogens is 2. The molecule has 0 amide bonds. The van der Waals surface area contributed by atoms with E-state index in [4.69, 9.17) is 10.8 Å². The maximum atomic E-state index is 12.6. The van der Waals surface area contributed by atoms with Gasteiger partial charge in [0.05, 0.1) is 5.39 Å². The second kappa shape index (κ2) is 4.32. The first kappa shape index (κ1) is 13.6. The lowest BCUT2D eigenvalue weighted by molar-refractivity contribution is 0.507. The average Bonchev–Trinajstić information content (AvgIpc) is 2.70. The third-order valence-corrected chi connectivity index (χ3v) is 5.21. The highest BCUT2D eigenvalue weighted by atomic mass is 32.1. The monoisotopic (exact) mass is 291 g/mol. The Bertz CT molecular complexity index is 736. The molecular formula is C15H21N3OS. The molecule has 0 spiro atoms. The lowest BCUT2D eigenvalue weighted by atomic mass is 9.88. The van der Waals surface area contributed by atoms with E-state index < -0.39 is 0 Å². The minimum atomic E-state index is -0.236. The number of aryl methyl sites for hydroxylation is 1. The van der Waals surface area contributed by atoms with Crippen LogP contribution in [0.1, 0.15) is 50.4 Å². The van der Waals surface area contributed by atoms with Gasteiger partial charge in [-0.15, -0.1) is 11.3 Å². The summed E-state index contributed by atoms with van der Waals surface area (Å²) in [5, 5.41) is 0.757. The first-order chi connectivity index (χ1) is 9.29. The molecule has 0 unspecified atom stereocenters. The predicted octanol–water partition coefficient (Wildman–Crippen LogP) is 2.59. The van der Waals surface area contributed by atoms with Crippen molar-refractivity contribution in [2.24, 2.45) is 5.92 Å². The molecule has 1 aliphatic rings. The Morgan fingerprint density at radius 3 is 2.75 bits per heavy atom. The SMILES string of the molecule is C[C@@H]1CCc2sc3nc(C(C)(C)C)n(N)c(=O)c3c2C1. The van der Waals surface area contributed by atoms with Gasteiger partial charge in [0.15, 0.2) is 0 Å². The van der Waals surface area contributed by atoms with Crippen LogP contribution in [0.2, 0.25) is 0 Å². The first-order valence-corrected chi connectivity index (χ1v) is 7.93. The summed E-state index contributed by atoms with van der Waals surface area (Å²) in [5.41, 5.74) is 0.868. The molecule has 0 saturated heterocycles. The standard InChI is InChI=1S/C15H21N3OS/c1-8-5-6-10-9(7-8)11-12(20-10)17-14(15(2,3)4)18(16)13(11)19/h8H,5-7,16H2,1-4H3/t8-/m1/s1. The maximum Gasteiger partial charge on any atom is 0.280 e. The highest BCUT2D eigenvalue weighted by Crippen LogP contribution is 2.36. The van der Waals surface area contributed by atoms with Gasteiger partial charge in [0.25, 0.3) is 5.56 Å². The molecule has 0 fully saturated rings. The van der Waals surface area contributed by atoms with E-state index in [-0.39, 0.29) is 11.0 Å². The predicted molar refractivity (Wildman–Crippen MR) is 83.9 cm³/mol. The maximum absolute atomic E-state index is 12.6. The zero-order valence-electron chi connectivity index (χ0n) is 12.5. The third-order valence-electron chi connectivity index (χ3n) is 4.03. The lowest BCUT2D eigenvalue weighted by Gasteiger charge is -2.20. The first-order valence-electron chi connectivity index (χ1n) is 7.12. The van der Waals surface area contributed by atoms with Crippen LogP contribution in [0.25, 0.3) is 10.2 Å². The summed E-state index contributed by atoms with van der Waals surface area (Å²) >= 11 is 1.67. The molecule has 1 aliphatic carbocycles. The molecule has 0 radical (unpaired) electrons. The number of nitrogens with two attached hydrogens (primary N) is 1. The van der Waals surface area contributed by atoms with Crippen molar-refractivity contribution >= 4 is 21.6 Å². The van der Waals surface area contributed by atoms with Gasteiger partial charge in [-0.3, -0.25) is 4.79 Å². The molecule has 2 aromatic heterocycles. The molecule has 1 atom stereocenters. The Morgan fingerprint density at radius 2 is 2.10 bits per heavy atom. The fraction of sp³-hybridized carbons (Fsp3) is 0.600. The van der Waals surface area contributed by atoms with Crippen LogP contribution in [0.15, 0.2) is 4.79 Å². The smallest absolute Gasteiger partial charge is 0.280 e. The van der Waals surface area contributed by atoms with Crippen LogP contribution in [0.3, 0.4) is 0 Å². The van der Waals surface area contributed by atoms with Crippen LogP contribution >= 0.6 is 11.3 Å². The molecule has 0 saturated carbocycles. The molecule has 4 nitrogen and oxygen atoms in total. The quantitative estimate of drug-likeness (QED) is 0.759. The Kier molecular flexibility index (Phi) is 2.94. The van der Waals surface area contributed by atoms with E-state index in [1.807, 2.05) is 20.8 Å². The van der Waals surface area contributed by atoms with Crippen LogP contribution in [-0.2, 0) is 18.3 Å². The van der Waals surface area contributed by atoms with E-state index in [2.05, 4.69) is 6.92 Å². The summed E-state index contributed by atoms with van der Waals surface area (Å²) in [7, 11) is 0. The Balaban J connectivity index is 2.34. The molecule has 0 bridgehead atoms. The molecule has 2 N–H and O–H groups in total. The summed E-state index contributed by atoms with van der Waals surface area (Å²) < 4.78 is 1.24. The molecule has 5 heteroatoms. The summed E-state index contributed by atoms with van der Waals surface area (Å²) in [6.45, 7) is 8.32. The Morgan fingerprint density at radius 1 is 1.40 bits per heavy atom. The van der Waals surface area contributed by atoms with E-state index in [1.54, 1.807) is 11.3 Å². The molecule has 2 aromatic rings. The van der Waals surface area contributed by atoms with E-state index in [0.29, 0.717) is 11.7 Å². The van der Waals surface area contributed by atoms with Crippen molar-refractivity contribution in [2.75, 3.05) is 5.84 Å². The van der Waals surface area contributed by atoms with Crippen LogP contribution in [0.5, 0.6) is 0 Å². The van der Waals surface area contributed by atoms with E-state index in [0.717, 1.165) is 23.1 Å². The minimum absolute atomic E-state index is 0.0912. The van der Waals surface area contributed by atoms with E-state index in [1.165, 1.54) is 21.5 Å². The third kappa shape index (κ3) is 1.95. The number of nitrogen functional groups attached to an aromatic ring is 1. The van der Waals surface area contributed by atoms with Gasteiger partial charge >= 0.3 is 0 Å². The molecule has 0 aromatic carbocycles. The molecule has 20 heavy (non-hydrogen) atoms. The van der Waals surface area contributed by atoms with Gasteiger partial charge < -0.3 is 5.84 Å². The summed E-state index contributed by atoms with van der Waals surface area (Å²) in [5.74, 6) is 7.30. The van der Waals surface area contributed by atoms with Gasteiger partial charge in [0, 0.05) is 10.3 Å². The largest absolute Gasteiger partial charge is 0.335 e. The van der Waals surface area contributed by atoms with Gasteiger partial charge in [0.2, 0.25) is 0 Å². The molecule has 2 heterocycles. The number of fused-ring (bicyclic) bond motifs is 3. The van der Waals surface area contributed by atoms with E-state index in [9.17, 15) is 4.79 Å². The second-order valence-electron chi connectivity index (χ2n) is 6.89. The summed E-state index contributed by atoms with van der Waals surface area (Å²) in [4.78, 5) is 19.5. The van der Waals surface area contributed by atoms with Crippen molar-refractivity contribution in [2.45, 2.75) is 52.4 Å². The fourth-order valence-electron chi connectivity index (χ4n) is 2.94. The van der Waals surface area contributed by atoms with Gasteiger partial charge in [-0.25, -0.2) is 9.66 Å². The Hall–Kier alpha value is -1.36. The number of hydrogen-bond donors (Lipinski definition) is 1. The minimum Gasteiger partial charge on any atom is -0.335 e. The molecule has 108 valence electrons. The number of thiophene rings is 1. The van der Waals surface area contributed by atoms with E-state index >= 15 is 0 Å². The van der Waals surface area contributed by atoms with Crippen LogP contribution < -0.4 is 11.4 Å². The van der Waals surface area contributed by atoms with Crippen molar-refractivity contribution < 1.29 is 0 Å².